The van der Waals surface area contributed by atoms with Crippen molar-refractivity contribution in [1.82, 2.24) is 5.32 Å². The molecule has 0 rings (SSSR count). The minimum absolute atomic E-state index is 0.185. The van der Waals surface area contributed by atoms with Crippen LogP contribution in [0.15, 0.2) is 0 Å². The van der Waals surface area contributed by atoms with Gasteiger partial charge in [-0.1, -0.05) is 0 Å². The first-order chi connectivity index (χ1) is 5.57. The molecule has 70 valence electrons. The van der Waals surface area contributed by atoms with Gasteiger partial charge in [0.1, 0.15) is 6.04 Å². The predicted molar refractivity (Wildman–Crippen MR) is 40.6 cm³/mol. The molecule has 4 N–H and O–H groups in total. The Morgan fingerprint density at radius 3 is 2.67 bits per heavy atom. The van der Waals surface area contributed by atoms with Crippen molar-refractivity contribution in [3.05, 3.63) is 0 Å². The van der Waals surface area contributed by atoms with Gasteiger partial charge in [-0.3, -0.25) is 4.79 Å². The summed E-state index contributed by atoms with van der Waals surface area (Å²) in [6.45, 7) is 0.195. The van der Waals surface area contributed by atoms with Crippen LogP contribution in [0.5, 0.6) is 0 Å². The second-order valence-corrected chi connectivity index (χ2v) is 2.15. The third-order valence-electron chi connectivity index (χ3n) is 1.23. The molecule has 6 heteroatoms. The monoisotopic (exact) mass is 176 g/mol. The normalized spacial score (nSPS) is 11.8. The van der Waals surface area contributed by atoms with Gasteiger partial charge in [-0.2, -0.15) is 0 Å². The molecule has 0 saturated heterocycles. The van der Waals surface area contributed by atoms with Crippen LogP contribution >= 0.6 is 0 Å². The lowest BCUT2D eigenvalue weighted by atomic mass is 10.2. The van der Waals surface area contributed by atoms with Crippen molar-refractivity contribution in [2.75, 3.05) is 13.7 Å². The number of aliphatic carboxylic acids is 1. The summed E-state index contributed by atoms with van der Waals surface area (Å²) >= 11 is 0. The fourth-order valence-corrected chi connectivity index (χ4v) is 0.525. The summed E-state index contributed by atoms with van der Waals surface area (Å²) in [5.74, 6) is -1.08. The molecule has 0 aliphatic carbocycles. The highest BCUT2D eigenvalue weighted by atomic mass is 16.5. The maximum atomic E-state index is 10.4. The number of carboxylic acids is 1. The molecule has 0 aromatic heterocycles. The van der Waals surface area contributed by atoms with Crippen LogP contribution in [0, 0.1) is 0 Å². The van der Waals surface area contributed by atoms with Gasteiger partial charge in [0.25, 0.3) is 0 Å². The molecule has 0 aromatic carbocycles. The van der Waals surface area contributed by atoms with Gasteiger partial charge in [0, 0.05) is 6.54 Å². The predicted octanol–water partition coefficient (Wildman–Crippen LogP) is -0.856. The van der Waals surface area contributed by atoms with Crippen molar-refractivity contribution in [2.24, 2.45) is 5.73 Å². The van der Waals surface area contributed by atoms with Crippen molar-refractivity contribution in [2.45, 2.75) is 12.5 Å². The van der Waals surface area contributed by atoms with E-state index in [1.54, 1.807) is 0 Å². The van der Waals surface area contributed by atoms with E-state index >= 15 is 0 Å². The lowest BCUT2D eigenvalue weighted by molar-refractivity contribution is -0.138. The third kappa shape index (κ3) is 4.51. The first-order valence-corrected chi connectivity index (χ1v) is 3.38. The van der Waals surface area contributed by atoms with E-state index in [1.807, 2.05) is 0 Å². The van der Waals surface area contributed by atoms with Crippen LogP contribution < -0.4 is 11.1 Å². The van der Waals surface area contributed by atoms with Gasteiger partial charge < -0.3 is 20.9 Å². The smallest absolute Gasteiger partial charge is 0.406 e. The standard InChI is InChI=1S/C6H12N2O4/c1-12-6(11)8-3-2-4(7)5(9)10/h4H,2-3,7H2,1H3,(H,8,11)(H,9,10). The van der Waals surface area contributed by atoms with E-state index in [0.717, 1.165) is 0 Å². The Hall–Kier alpha value is -1.30. The maximum Gasteiger partial charge on any atom is 0.406 e. The number of nitrogens with one attached hydrogen (secondary N) is 1. The Morgan fingerprint density at radius 2 is 2.25 bits per heavy atom. The van der Waals surface area contributed by atoms with Crippen LogP contribution in [0.2, 0.25) is 0 Å². The SMILES string of the molecule is COC(=O)NCCC(N)C(=O)O. The zero-order valence-electron chi connectivity index (χ0n) is 6.74. The van der Waals surface area contributed by atoms with Gasteiger partial charge in [-0.05, 0) is 6.42 Å². The number of alkyl carbamates (subject to hydrolysis) is 1. The second-order valence-electron chi connectivity index (χ2n) is 2.15. The molecular formula is C6H12N2O4. The lowest BCUT2D eigenvalue weighted by Crippen LogP contribution is -2.35. The minimum atomic E-state index is -1.08. The summed E-state index contributed by atoms with van der Waals surface area (Å²) in [4.78, 5) is 20.6. The van der Waals surface area contributed by atoms with Crippen LogP contribution in [0.3, 0.4) is 0 Å². The Kier molecular flexibility index (Phi) is 4.78. The summed E-state index contributed by atoms with van der Waals surface area (Å²) in [7, 11) is 1.23. The second kappa shape index (κ2) is 5.36. The van der Waals surface area contributed by atoms with Gasteiger partial charge in [0.05, 0.1) is 7.11 Å². The number of rotatable bonds is 4. The molecule has 0 aliphatic rings. The number of amides is 1. The number of ether oxygens (including phenoxy) is 1. The van der Waals surface area contributed by atoms with Gasteiger partial charge in [0.2, 0.25) is 0 Å². The number of nitrogens with two attached hydrogens (primary N) is 1. The molecule has 0 radical (unpaired) electrons. The number of carbonyl (C=O) groups is 2. The average molecular weight is 176 g/mol. The van der Waals surface area contributed by atoms with Gasteiger partial charge in [-0.25, -0.2) is 4.79 Å². The van der Waals surface area contributed by atoms with E-state index in [1.165, 1.54) is 7.11 Å². The van der Waals surface area contributed by atoms with Crippen molar-refractivity contribution < 1.29 is 19.4 Å². The van der Waals surface area contributed by atoms with Crippen molar-refractivity contribution in [3.8, 4) is 0 Å². The molecule has 0 fully saturated rings. The minimum Gasteiger partial charge on any atom is -0.480 e. The number of hydrogen-bond acceptors (Lipinski definition) is 4. The van der Waals surface area contributed by atoms with Crippen LogP contribution in [-0.2, 0) is 9.53 Å². The summed E-state index contributed by atoms with van der Waals surface area (Å²) in [5.41, 5.74) is 5.15. The Morgan fingerprint density at radius 1 is 1.67 bits per heavy atom. The molecular weight excluding hydrogens is 164 g/mol. The Labute approximate surface area is 69.7 Å². The average Bonchev–Trinajstić information content (AvgIpc) is 2.03. The molecule has 0 saturated carbocycles. The summed E-state index contributed by atoms with van der Waals surface area (Å²) < 4.78 is 4.25. The highest BCUT2D eigenvalue weighted by molar-refractivity contribution is 5.73. The maximum absolute atomic E-state index is 10.4. The zero-order chi connectivity index (χ0) is 9.56. The topological polar surface area (TPSA) is 102 Å². The molecule has 0 aliphatic heterocycles. The van der Waals surface area contributed by atoms with Crippen molar-refractivity contribution >= 4 is 12.1 Å². The largest absolute Gasteiger partial charge is 0.480 e. The first-order valence-electron chi connectivity index (χ1n) is 3.38. The fourth-order valence-electron chi connectivity index (χ4n) is 0.525. The Bertz CT molecular complexity index is 171. The van der Waals surface area contributed by atoms with E-state index < -0.39 is 18.1 Å². The van der Waals surface area contributed by atoms with Gasteiger partial charge >= 0.3 is 12.1 Å². The number of hydrogen-bond donors (Lipinski definition) is 3. The van der Waals surface area contributed by atoms with Crippen LogP contribution in [0.1, 0.15) is 6.42 Å². The number of carbonyl (C=O) groups excluding carboxylic acids is 1. The Balaban J connectivity index is 3.43. The molecule has 12 heavy (non-hydrogen) atoms. The third-order valence-corrected chi connectivity index (χ3v) is 1.23. The van der Waals surface area contributed by atoms with Crippen LogP contribution in [-0.4, -0.2) is 36.9 Å². The molecule has 1 unspecified atom stereocenters. The summed E-state index contributed by atoms with van der Waals surface area (Å²) in [5, 5.41) is 10.6. The van der Waals surface area contributed by atoms with Crippen molar-refractivity contribution in [1.29, 1.82) is 0 Å². The molecule has 0 bridgehead atoms. The van der Waals surface area contributed by atoms with Gasteiger partial charge in [-0.15, -0.1) is 0 Å². The lowest BCUT2D eigenvalue weighted by Gasteiger charge is -2.06. The fraction of sp³-hybridized carbons (Fsp3) is 0.667. The zero-order valence-corrected chi connectivity index (χ0v) is 6.74. The molecule has 1 atom stereocenters. The molecule has 1 amide bonds. The van der Waals surface area contributed by atoms with Gasteiger partial charge in [0.15, 0.2) is 0 Å². The number of methoxy groups -OCH3 is 1. The molecule has 0 aromatic rings. The molecule has 0 heterocycles. The van der Waals surface area contributed by atoms with Crippen molar-refractivity contribution in [3.63, 3.8) is 0 Å². The number of carboxylic acid groups (broad SMARTS) is 1. The molecule has 6 nitrogen and oxygen atoms in total. The quantitative estimate of drug-likeness (QED) is 0.517. The van der Waals surface area contributed by atoms with E-state index in [4.69, 9.17) is 10.8 Å². The molecule has 0 spiro atoms. The van der Waals surface area contributed by atoms with Crippen LogP contribution in [0.4, 0.5) is 4.79 Å². The highest BCUT2D eigenvalue weighted by Gasteiger charge is 2.10. The van der Waals surface area contributed by atoms with E-state index in [0.29, 0.717) is 0 Å². The summed E-state index contributed by atoms with van der Waals surface area (Å²) in [6, 6.07) is -0.942. The van der Waals surface area contributed by atoms with E-state index in [2.05, 4.69) is 10.1 Å². The van der Waals surface area contributed by atoms with E-state index in [9.17, 15) is 9.59 Å². The van der Waals surface area contributed by atoms with Crippen LogP contribution in [0.25, 0.3) is 0 Å². The highest BCUT2D eigenvalue weighted by Crippen LogP contribution is 1.85. The summed E-state index contributed by atoms with van der Waals surface area (Å²) in [6.07, 6.45) is -0.405. The van der Waals surface area contributed by atoms with E-state index in [-0.39, 0.29) is 13.0 Å². The first kappa shape index (κ1) is 10.7.